The van der Waals surface area contributed by atoms with Crippen LogP contribution in [0.5, 0.6) is 11.5 Å². The molecule has 0 fully saturated rings. The fourth-order valence-corrected chi connectivity index (χ4v) is 2.23. The molecule has 20 heavy (non-hydrogen) atoms. The molecule has 6 nitrogen and oxygen atoms in total. The lowest BCUT2D eigenvalue weighted by Gasteiger charge is -2.11. The number of para-hydroxylation sites is 1. The molecule has 0 aromatic heterocycles. The normalized spacial score (nSPS) is 10.2. The van der Waals surface area contributed by atoms with Crippen LogP contribution in [-0.4, -0.2) is 4.92 Å². The van der Waals surface area contributed by atoms with Gasteiger partial charge in [-0.1, -0.05) is 22.0 Å². The molecule has 0 unspecified atom stereocenters. The van der Waals surface area contributed by atoms with Crippen LogP contribution in [0.2, 0.25) is 0 Å². The molecule has 0 aliphatic heterocycles. The van der Waals surface area contributed by atoms with Crippen molar-refractivity contribution in [1.82, 2.24) is 0 Å². The third-order valence-corrected chi connectivity index (χ3v) is 3.19. The predicted octanol–water partition coefficient (Wildman–Crippen LogP) is 3.74. The van der Waals surface area contributed by atoms with E-state index < -0.39 is 4.92 Å². The van der Waals surface area contributed by atoms with E-state index in [2.05, 4.69) is 21.4 Å². The van der Waals surface area contributed by atoms with Crippen LogP contribution < -0.4 is 16.0 Å². The van der Waals surface area contributed by atoms with Crippen LogP contribution in [0.25, 0.3) is 0 Å². The number of nitro benzene ring substituents is 1. The summed E-state index contributed by atoms with van der Waals surface area (Å²) in [6.45, 7) is 1.86. The highest BCUT2D eigenvalue weighted by molar-refractivity contribution is 9.10. The van der Waals surface area contributed by atoms with E-state index in [1.807, 2.05) is 13.0 Å². The lowest BCUT2D eigenvalue weighted by Crippen LogP contribution is -2.09. The standard InChI is InChI=1S/C13H12BrN3O3/c1-8-7-9(14)5-6-11(8)20-12-4-2-3-10(16-15)13(12)17(18)19/h2-7,16H,15H2,1H3. The number of halogens is 1. The maximum absolute atomic E-state index is 11.2. The van der Waals surface area contributed by atoms with E-state index in [0.717, 1.165) is 10.0 Å². The number of nitrogen functional groups attached to an aromatic ring is 1. The van der Waals surface area contributed by atoms with Crippen LogP contribution >= 0.6 is 15.9 Å². The average Bonchev–Trinajstić information content (AvgIpc) is 2.41. The average molecular weight is 338 g/mol. The Labute approximate surface area is 123 Å². The van der Waals surface area contributed by atoms with E-state index >= 15 is 0 Å². The first-order valence-corrected chi connectivity index (χ1v) is 6.50. The Bertz CT molecular complexity index is 661. The van der Waals surface area contributed by atoms with Crippen molar-refractivity contribution in [2.24, 2.45) is 5.84 Å². The van der Waals surface area contributed by atoms with Gasteiger partial charge in [-0.3, -0.25) is 16.0 Å². The minimum Gasteiger partial charge on any atom is -0.450 e. The van der Waals surface area contributed by atoms with Crippen molar-refractivity contribution in [1.29, 1.82) is 0 Å². The second-order valence-corrected chi connectivity index (χ2v) is 4.98. The van der Waals surface area contributed by atoms with Crippen LogP contribution in [-0.2, 0) is 0 Å². The zero-order valence-electron chi connectivity index (χ0n) is 10.6. The molecule has 0 heterocycles. The van der Waals surface area contributed by atoms with Crippen LogP contribution in [0.15, 0.2) is 40.9 Å². The topological polar surface area (TPSA) is 90.4 Å². The van der Waals surface area contributed by atoms with E-state index in [9.17, 15) is 10.1 Å². The lowest BCUT2D eigenvalue weighted by molar-refractivity contribution is -0.384. The Morgan fingerprint density at radius 3 is 2.65 bits per heavy atom. The number of anilines is 1. The van der Waals surface area contributed by atoms with Gasteiger partial charge >= 0.3 is 5.69 Å². The number of hydrazine groups is 1. The first kappa shape index (κ1) is 14.3. The molecular formula is C13H12BrN3O3. The number of nitrogens with zero attached hydrogens (tertiary/aromatic N) is 1. The lowest BCUT2D eigenvalue weighted by atomic mass is 10.2. The highest BCUT2D eigenvalue weighted by atomic mass is 79.9. The van der Waals surface area contributed by atoms with Gasteiger partial charge in [-0.05, 0) is 42.8 Å². The van der Waals surface area contributed by atoms with Crippen LogP contribution in [0, 0.1) is 17.0 Å². The van der Waals surface area contributed by atoms with E-state index in [-0.39, 0.29) is 17.1 Å². The van der Waals surface area contributed by atoms with Gasteiger partial charge in [0.05, 0.1) is 4.92 Å². The molecule has 3 N–H and O–H groups in total. The van der Waals surface area contributed by atoms with Crippen molar-refractivity contribution < 1.29 is 9.66 Å². The summed E-state index contributed by atoms with van der Waals surface area (Å²) >= 11 is 3.35. The first-order valence-electron chi connectivity index (χ1n) is 5.71. The number of hydrogen-bond acceptors (Lipinski definition) is 5. The van der Waals surface area contributed by atoms with Crippen molar-refractivity contribution in [3.8, 4) is 11.5 Å². The minimum atomic E-state index is -0.529. The molecule has 104 valence electrons. The molecule has 0 radical (unpaired) electrons. The summed E-state index contributed by atoms with van der Waals surface area (Å²) < 4.78 is 6.55. The number of benzene rings is 2. The molecule has 2 aromatic rings. The van der Waals surface area contributed by atoms with Crippen molar-refractivity contribution >= 4 is 27.3 Å². The summed E-state index contributed by atoms with van der Waals surface area (Å²) in [7, 11) is 0. The minimum absolute atomic E-state index is 0.135. The third kappa shape index (κ3) is 2.89. The highest BCUT2D eigenvalue weighted by Crippen LogP contribution is 2.38. The van der Waals surface area contributed by atoms with Gasteiger partial charge in [-0.25, -0.2) is 0 Å². The van der Waals surface area contributed by atoms with E-state index in [1.54, 1.807) is 18.2 Å². The Morgan fingerprint density at radius 2 is 2.05 bits per heavy atom. The highest BCUT2D eigenvalue weighted by Gasteiger charge is 2.21. The van der Waals surface area contributed by atoms with Gasteiger partial charge in [0, 0.05) is 4.47 Å². The summed E-state index contributed by atoms with van der Waals surface area (Å²) in [5.74, 6) is 5.97. The Morgan fingerprint density at radius 1 is 1.30 bits per heavy atom. The molecular weight excluding hydrogens is 326 g/mol. The number of hydrogen-bond donors (Lipinski definition) is 2. The second-order valence-electron chi connectivity index (χ2n) is 4.07. The maximum Gasteiger partial charge on any atom is 0.335 e. The number of nitrogens with one attached hydrogen (secondary N) is 1. The molecule has 0 saturated carbocycles. The van der Waals surface area contributed by atoms with Crippen molar-refractivity contribution in [2.45, 2.75) is 6.92 Å². The quantitative estimate of drug-likeness (QED) is 0.503. The number of nitrogens with two attached hydrogens (primary N) is 1. The van der Waals surface area contributed by atoms with Gasteiger partial charge in [0.2, 0.25) is 5.75 Å². The molecule has 0 saturated heterocycles. The van der Waals surface area contributed by atoms with Gasteiger partial charge in [0.25, 0.3) is 0 Å². The molecule has 0 atom stereocenters. The summed E-state index contributed by atoms with van der Waals surface area (Å²) in [6, 6.07) is 10.1. The molecule has 0 aliphatic rings. The largest absolute Gasteiger partial charge is 0.450 e. The fourth-order valence-electron chi connectivity index (χ4n) is 1.76. The van der Waals surface area contributed by atoms with E-state index in [0.29, 0.717) is 5.75 Å². The van der Waals surface area contributed by atoms with Crippen molar-refractivity contribution in [3.05, 3.63) is 56.5 Å². The SMILES string of the molecule is Cc1cc(Br)ccc1Oc1cccc(NN)c1[N+](=O)[O-]. The molecule has 7 heteroatoms. The zero-order valence-corrected chi connectivity index (χ0v) is 12.2. The van der Waals surface area contributed by atoms with Gasteiger partial charge in [0.15, 0.2) is 0 Å². The molecule has 2 aromatic carbocycles. The number of nitro groups is 1. The zero-order chi connectivity index (χ0) is 14.7. The van der Waals surface area contributed by atoms with Crippen LogP contribution in [0.3, 0.4) is 0 Å². The van der Waals surface area contributed by atoms with Crippen molar-refractivity contribution in [3.63, 3.8) is 0 Å². The van der Waals surface area contributed by atoms with Gasteiger partial charge in [-0.15, -0.1) is 0 Å². The summed E-state index contributed by atoms with van der Waals surface area (Å²) in [6.07, 6.45) is 0. The number of ether oxygens (including phenoxy) is 1. The first-order chi connectivity index (χ1) is 9.52. The van der Waals surface area contributed by atoms with Crippen molar-refractivity contribution in [2.75, 3.05) is 5.43 Å². The summed E-state index contributed by atoms with van der Waals surface area (Å²) in [4.78, 5) is 10.6. The van der Waals surface area contributed by atoms with Gasteiger partial charge < -0.3 is 10.2 Å². The number of rotatable bonds is 4. The van der Waals surface area contributed by atoms with Crippen LogP contribution in [0.4, 0.5) is 11.4 Å². The Balaban J connectivity index is 2.45. The molecule has 0 bridgehead atoms. The van der Waals surface area contributed by atoms with Crippen LogP contribution in [0.1, 0.15) is 5.56 Å². The molecule has 0 aliphatic carbocycles. The monoisotopic (exact) mass is 337 g/mol. The smallest absolute Gasteiger partial charge is 0.335 e. The molecule has 0 amide bonds. The summed E-state index contributed by atoms with van der Waals surface area (Å²) in [5.41, 5.74) is 3.16. The van der Waals surface area contributed by atoms with E-state index in [1.165, 1.54) is 12.1 Å². The van der Waals surface area contributed by atoms with Gasteiger partial charge in [-0.2, -0.15) is 0 Å². The second kappa shape index (κ2) is 5.89. The number of aryl methyl sites for hydroxylation is 1. The van der Waals surface area contributed by atoms with Gasteiger partial charge in [0.1, 0.15) is 11.4 Å². The fraction of sp³-hybridized carbons (Fsp3) is 0.0769. The Kier molecular flexibility index (Phi) is 4.21. The Hall–Kier alpha value is -2.12. The predicted molar refractivity (Wildman–Crippen MR) is 79.9 cm³/mol. The summed E-state index contributed by atoms with van der Waals surface area (Å²) in [5, 5.41) is 11.2. The maximum atomic E-state index is 11.2. The molecule has 2 rings (SSSR count). The van der Waals surface area contributed by atoms with E-state index in [4.69, 9.17) is 10.6 Å². The third-order valence-electron chi connectivity index (χ3n) is 2.69. The molecule has 0 spiro atoms.